The van der Waals surface area contributed by atoms with Gasteiger partial charge in [-0.15, -0.1) is 5.10 Å². The van der Waals surface area contributed by atoms with Crippen molar-refractivity contribution in [2.45, 2.75) is 30.3 Å². The van der Waals surface area contributed by atoms with Crippen LogP contribution in [0.4, 0.5) is 0 Å². The molecule has 1 aromatic heterocycles. The third kappa shape index (κ3) is 3.57. The second-order valence-corrected chi connectivity index (χ2v) is 8.75. The molecule has 0 spiro atoms. The fourth-order valence-electron chi connectivity index (χ4n) is 3.57. The molecule has 1 saturated heterocycles. The minimum atomic E-state index is -3.44. The van der Waals surface area contributed by atoms with Crippen LogP contribution in [0, 0.1) is 0 Å². The van der Waals surface area contributed by atoms with Gasteiger partial charge < -0.3 is 4.90 Å². The second kappa shape index (κ2) is 7.11. The van der Waals surface area contributed by atoms with E-state index in [9.17, 15) is 13.2 Å². The number of fused-ring (bicyclic) bond motifs is 1. The number of likely N-dealkylation sites (tertiary alicyclic amines) is 1. The van der Waals surface area contributed by atoms with Gasteiger partial charge in [0.15, 0.2) is 9.84 Å². The van der Waals surface area contributed by atoms with E-state index in [0.29, 0.717) is 17.9 Å². The van der Waals surface area contributed by atoms with Gasteiger partial charge in [-0.25, -0.2) is 13.1 Å². The molecule has 0 N–H and O–H groups in total. The molecule has 140 valence electrons. The minimum absolute atomic E-state index is 0.0547. The lowest BCUT2D eigenvalue weighted by molar-refractivity contribution is -0.132. The second-order valence-electron chi connectivity index (χ2n) is 6.71. The zero-order valence-corrected chi connectivity index (χ0v) is 15.5. The number of hydrogen-bond donors (Lipinski definition) is 0. The highest BCUT2D eigenvalue weighted by atomic mass is 32.2. The Labute approximate surface area is 157 Å². The van der Waals surface area contributed by atoms with E-state index in [1.54, 1.807) is 39.9 Å². The first-order valence-electron chi connectivity index (χ1n) is 8.90. The third-order valence-corrected chi connectivity index (χ3v) is 6.73. The van der Waals surface area contributed by atoms with Crippen LogP contribution in [0.5, 0.6) is 0 Å². The molecule has 8 heteroatoms. The maximum Gasteiger partial charge on any atom is 0.244 e. The summed E-state index contributed by atoms with van der Waals surface area (Å²) >= 11 is 0. The van der Waals surface area contributed by atoms with Gasteiger partial charge in [-0.3, -0.25) is 4.79 Å². The van der Waals surface area contributed by atoms with Gasteiger partial charge in [0.1, 0.15) is 12.1 Å². The summed E-state index contributed by atoms with van der Waals surface area (Å²) in [6.07, 6.45) is 1.49. The number of sulfone groups is 1. The van der Waals surface area contributed by atoms with Crippen molar-refractivity contribution in [1.29, 1.82) is 0 Å². The normalized spacial score (nSPS) is 17.5. The highest BCUT2D eigenvalue weighted by Crippen LogP contribution is 2.23. The predicted molar refractivity (Wildman–Crippen MR) is 101 cm³/mol. The summed E-state index contributed by atoms with van der Waals surface area (Å²) in [6, 6.07) is 15.5. The number of aromatic nitrogens is 3. The molecule has 1 fully saturated rings. The quantitative estimate of drug-likeness (QED) is 0.671. The first-order valence-corrected chi connectivity index (χ1v) is 10.6. The van der Waals surface area contributed by atoms with Gasteiger partial charge in [-0.05, 0) is 37.1 Å². The summed E-state index contributed by atoms with van der Waals surface area (Å²) in [4.78, 5) is 14.8. The molecule has 1 amide bonds. The summed E-state index contributed by atoms with van der Waals surface area (Å²) < 4.78 is 26.9. The van der Waals surface area contributed by atoms with E-state index < -0.39 is 9.84 Å². The summed E-state index contributed by atoms with van der Waals surface area (Å²) in [5, 5.41) is 8.12. The first kappa shape index (κ1) is 17.7. The molecule has 27 heavy (non-hydrogen) atoms. The van der Waals surface area contributed by atoms with Crippen molar-refractivity contribution in [2.24, 2.45) is 0 Å². The van der Waals surface area contributed by atoms with Crippen molar-refractivity contribution < 1.29 is 13.2 Å². The lowest BCUT2D eigenvalue weighted by Crippen LogP contribution is -2.41. The van der Waals surface area contributed by atoms with Crippen LogP contribution in [0.25, 0.3) is 11.0 Å². The van der Waals surface area contributed by atoms with Crippen molar-refractivity contribution >= 4 is 26.8 Å². The molecule has 0 aliphatic carbocycles. The SMILES string of the molecule is O=C(Cn1nnc2ccccc21)N1CCCC1CS(=O)(=O)c1ccccc1. The minimum Gasteiger partial charge on any atom is -0.337 e. The van der Waals surface area contributed by atoms with E-state index in [-0.39, 0.29) is 24.2 Å². The van der Waals surface area contributed by atoms with Crippen molar-refractivity contribution in [1.82, 2.24) is 19.9 Å². The van der Waals surface area contributed by atoms with Crippen LogP contribution < -0.4 is 0 Å². The summed E-state index contributed by atoms with van der Waals surface area (Å²) in [5.41, 5.74) is 1.52. The van der Waals surface area contributed by atoms with Crippen LogP contribution in [0.2, 0.25) is 0 Å². The molecular formula is C19H20N4O3S. The van der Waals surface area contributed by atoms with Crippen molar-refractivity contribution in [2.75, 3.05) is 12.3 Å². The summed E-state index contributed by atoms with van der Waals surface area (Å²) in [5.74, 6) is -0.183. The van der Waals surface area contributed by atoms with Crippen molar-refractivity contribution in [3.63, 3.8) is 0 Å². The number of nitrogens with zero attached hydrogens (tertiary/aromatic N) is 4. The highest BCUT2D eigenvalue weighted by molar-refractivity contribution is 7.91. The number of rotatable bonds is 5. The summed E-state index contributed by atoms with van der Waals surface area (Å²) in [6.45, 7) is 0.628. The van der Waals surface area contributed by atoms with E-state index in [4.69, 9.17) is 0 Å². The highest BCUT2D eigenvalue weighted by Gasteiger charge is 2.33. The Balaban J connectivity index is 1.50. The lowest BCUT2D eigenvalue weighted by atomic mass is 10.2. The van der Waals surface area contributed by atoms with Gasteiger partial charge in [0.25, 0.3) is 0 Å². The zero-order valence-electron chi connectivity index (χ0n) is 14.7. The predicted octanol–water partition coefficient (Wildman–Crippen LogP) is 1.90. The Morgan fingerprint density at radius 2 is 1.81 bits per heavy atom. The van der Waals surface area contributed by atoms with Gasteiger partial charge in [0.05, 0.1) is 16.2 Å². The van der Waals surface area contributed by atoms with E-state index in [1.165, 1.54) is 0 Å². The Hall–Kier alpha value is -2.74. The molecule has 3 aromatic rings. The molecule has 1 unspecified atom stereocenters. The molecular weight excluding hydrogens is 364 g/mol. The number of carbonyl (C=O) groups excluding carboxylic acids is 1. The Bertz CT molecular complexity index is 1060. The first-order chi connectivity index (χ1) is 13.0. The van der Waals surface area contributed by atoms with Crippen molar-refractivity contribution in [3.05, 3.63) is 54.6 Å². The number of amides is 1. The smallest absolute Gasteiger partial charge is 0.244 e. The molecule has 2 heterocycles. The molecule has 0 radical (unpaired) electrons. The number of benzene rings is 2. The number of hydrogen-bond acceptors (Lipinski definition) is 5. The molecule has 4 rings (SSSR count). The van der Waals surface area contributed by atoms with Crippen LogP contribution in [0.15, 0.2) is 59.5 Å². The molecule has 1 aliphatic heterocycles. The van der Waals surface area contributed by atoms with Crippen LogP contribution in [-0.4, -0.2) is 52.6 Å². The maximum atomic E-state index is 12.8. The van der Waals surface area contributed by atoms with Gasteiger partial charge >= 0.3 is 0 Å². The monoisotopic (exact) mass is 384 g/mol. The Kier molecular flexibility index (Phi) is 4.65. The number of para-hydroxylation sites is 1. The fraction of sp³-hybridized carbons (Fsp3) is 0.316. The van der Waals surface area contributed by atoms with E-state index in [1.807, 2.05) is 24.3 Å². The Morgan fingerprint density at radius 1 is 1.07 bits per heavy atom. The van der Waals surface area contributed by atoms with Gasteiger partial charge in [0.2, 0.25) is 5.91 Å². The molecule has 0 saturated carbocycles. The standard InChI is InChI=1S/C19H20N4O3S/c24-19(13-23-18-11-5-4-10-17(18)20-21-23)22-12-6-7-15(22)14-27(25,26)16-8-2-1-3-9-16/h1-5,8-11,15H,6-7,12-14H2. The van der Waals surface area contributed by atoms with Crippen LogP contribution in [0.3, 0.4) is 0 Å². The Morgan fingerprint density at radius 3 is 2.63 bits per heavy atom. The van der Waals surface area contributed by atoms with E-state index in [0.717, 1.165) is 17.5 Å². The van der Waals surface area contributed by atoms with E-state index in [2.05, 4.69) is 10.3 Å². The van der Waals surface area contributed by atoms with Gasteiger partial charge in [0, 0.05) is 12.6 Å². The molecule has 1 atom stereocenters. The van der Waals surface area contributed by atoms with Gasteiger partial charge in [-0.2, -0.15) is 0 Å². The van der Waals surface area contributed by atoms with E-state index >= 15 is 0 Å². The summed E-state index contributed by atoms with van der Waals surface area (Å²) in [7, 11) is -3.44. The molecule has 7 nitrogen and oxygen atoms in total. The van der Waals surface area contributed by atoms with Crippen LogP contribution in [0.1, 0.15) is 12.8 Å². The average molecular weight is 384 g/mol. The van der Waals surface area contributed by atoms with Crippen LogP contribution >= 0.6 is 0 Å². The third-order valence-electron chi connectivity index (χ3n) is 4.92. The maximum absolute atomic E-state index is 12.8. The van der Waals surface area contributed by atoms with Crippen molar-refractivity contribution in [3.8, 4) is 0 Å². The average Bonchev–Trinajstić information content (AvgIpc) is 3.29. The molecule has 1 aliphatic rings. The number of carbonyl (C=O) groups is 1. The van der Waals surface area contributed by atoms with Gasteiger partial charge in [-0.1, -0.05) is 35.5 Å². The topological polar surface area (TPSA) is 85.2 Å². The fourth-order valence-corrected chi connectivity index (χ4v) is 5.19. The van der Waals surface area contributed by atoms with Crippen LogP contribution in [-0.2, 0) is 21.2 Å². The largest absolute Gasteiger partial charge is 0.337 e. The zero-order chi connectivity index (χ0) is 18.9. The molecule has 2 aromatic carbocycles. The lowest BCUT2D eigenvalue weighted by Gasteiger charge is -2.24. The molecule has 0 bridgehead atoms.